The Morgan fingerprint density at radius 1 is 1.32 bits per heavy atom. The third-order valence-corrected chi connectivity index (χ3v) is 3.78. The number of hydrogen-bond acceptors (Lipinski definition) is 3. The highest BCUT2D eigenvalue weighted by Crippen LogP contribution is 2.18. The molecule has 0 saturated carbocycles. The van der Waals surface area contributed by atoms with Gasteiger partial charge in [-0.3, -0.25) is 4.79 Å². The van der Waals surface area contributed by atoms with Crippen LogP contribution in [0.25, 0.3) is 0 Å². The molecule has 1 fully saturated rings. The summed E-state index contributed by atoms with van der Waals surface area (Å²) in [6.07, 6.45) is 4.12. The van der Waals surface area contributed by atoms with Gasteiger partial charge in [-0.25, -0.2) is 4.79 Å². The molecule has 1 aliphatic heterocycles. The molecule has 0 aromatic carbocycles. The first-order chi connectivity index (χ1) is 9.10. The van der Waals surface area contributed by atoms with Gasteiger partial charge in [-0.15, -0.1) is 0 Å². The van der Waals surface area contributed by atoms with Crippen LogP contribution < -0.4 is 0 Å². The Hall–Kier alpha value is -1.10. The summed E-state index contributed by atoms with van der Waals surface area (Å²) in [7, 11) is 0. The molecule has 1 rings (SSSR count). The van der Waals surface area contributed by atoms with Crippen LogP contribution in [0.3, 0.4) is 0 Å². The van der Waals surface area contributed by atoms with E-state index in [9.17, 15) is 9.59 Å². The Labute approximate surface area is 115 Å². The van der Waals surface area contributed by atoms with Crippen LogP contribution in [0.15, 0.2) is 0 Å². The summed E-state index contributed by atoms with van der Waals surface area (Å²) >= 11 is 0. The number of rotatable bonds is 8. The normalized spacial score (nSPS) is 19.1. The van der Waals surface area contributed by atoms with Crippen LogP contribution >= 0.6 is 0 Å². The highest BCUT2D eigenvalue weighted by Gasteiger charge is 2.33. The Morgan fingerprint density at radius 2 is 2.05 bits per heavy atom. The van der Waals surface area contributed by atoms with Crippen molar-refractivity contribution < 1.29 is 14.7 Å². The van der Waals surface area contributed by atoms with Crippen molar-refractivity contribution in [3.63, 3.8) is 0 Å². The Kier molecular flexibility index (Phi) is 6.84. The second kappa shape index (κ2) is 8.15. The second-order valence-corrected chi connectivity index (χ2v) is 5.12. The molecule has 1 aliphatic rings. The van der Waals surface area contributed by atoms with Crippen molar-refractivity contribution in [2.75, 3.05) is 26.2 Å². The molecule has 0 spiro atoms. The zero-order chi connectivity index (χ0) is 14.3. The van der Waals surface area contributed by atoms with Gasteiger partial charge < -0.3 is 14.9 Å². The lowest BCUT2D eigenvalue weighted by Gasteiger charge is -2.24. The highest BCUT2D eigenvalue weighted by molar-refractivity contribution is 5.84. The summed E-state index contributed by atoms with van der Waals surface area (Å²) in [6, 6.07) is -0.599. The maximum Gasteiger partial charge on any atom is 0.326 e. The molecule has 5 heteroatoms. The summed E-state index contributed by atoms with van der Waals surface area (Å²) in [5.41, 5.74) is 0. The maximum absolute atomic E-state index is 12.1. The molecule has 1 unspecified atom stereocenters. The molecule has 1 atom stereocenters. The average molecular weight is 270 g/mol. The van der Waals surface area contributed by atoms with Crippen LogP contribution in [0.2, 0.25) is 0 Å². The van der Waals surface area contributed by atoms with Crippen molar-refractivity contribution in [2.24, 2.45) is 0 Å². The Balaban J connectivity index is 2.39. The molecule has 110 valence electrons. The zero-order valence-electron chi connectivity index (χ0n) is 12.1. The highest BCUT2D eigenvalue weighted by atomic mass is 16.4. The Morgan fingerprint density at radius 3 is 2.63 bits per heavy atom. The number of aliphatic carboxylic acids is 1. The number of carboxylic acids is 1. The van der Waals surface area contributed by atoms with E-state index in [0.29, 0.717) is 19.4 Å². The molecular formula is C14H26N2O3. The van der Waals surface area contributed by atoms with E-state index in [2.05, 4.69) is 18.7 Å². The molecule has 1 heterocycles. The lowest BCUT2D eigenvalue weighted by atomic mass is 10.2. The van der Waals surface area contributed by atoms with Gasteiger partial charge in [0.25, 0.3) is 0 Å². The van der Waals surface area contributed by atoms with E-state index in [4.69, 9.17) is 5.11 Å². The second-order valence-electron chi connectivity index (χ2n) is 5.12. The summed E-state index contributed by atoms with van der Waals surface area (Å²) in [5.74, 6) is -0.885. The number of carbonyl (C=O) groups is 2. The van der Waals surface area contributed by atoms with Crippen molar-refractivity contribution in [1.29, 1.82) is 0 Å². The van der Waals surface area contributed by atoms with Crippen LogP contribution in [-0.2, 0) is 9.59 Å². The quantitative estimate of drug-likeness (QED) is 0.727. The Bertz CT molecular complexity index is 307. The van der Waals surface area contributed by atoms with Crippen LogP contribution in [0, 0.1) is 0 Å². The van der Waals surface area contributed by atoms with Gasteiger partial charge in [-0.05, 0) is 32.4 Å². The number of unbranched alkanes of at least 4 members (excludes halogenated alkanes) is 1. The molecule has 0 radical (unpaired) electrons. The van der Waals surface area contributed by atoms with E-state index in [-0.39, 0.29) is 5.91 Å². The molecule has 19 heavy (non-hydrogen) atoms. The van der Waals surface area contributed by atoms with Crippen molar-refractivity contribution in [1.82, 2.24) is 9.80 Å². The molecule has 0 aliphatic carbocycles. The van der Waals surface area contributed by atoms with Gasteiger partial charge in [-0.2, -0.15) is 0 Å². The predicted molar refractivity (Wildman–Crippen MR) is 74.0 cm³/mol. The monoisotopic (exact) mass is 270 g/mol. The molecule has 1 saturated heterocycles. The summed E-state index contributed by atoms with van der Waals surface area (Å²) in [4.78, 5) is 26.9. The van der Waals surface area contributed by atoms with Crippen LogP contribution in [0.4, 0.5) is 0 Å². The first kappa shape index (κ1) is 16.0. The maximum atomic E-state index is 12.1. The first-order valence-electron chi connectivity index (χ1n) is 7.34. The lowest BCUT2D eigenvalue weighted by molar-refractivity contribution is -0.148. The van der Waals surface area contributed by atoms with E-state index in [0.717, 1.165) is 38.9 Å². The molecule has 1 amide bonds. The van der Waals surface area contributed by atoms with Gasteiger partial charge in [0.15, 0.2) is 0 Å². The van der Waals surface area contributed by atoms with Crippen LogP contribution in [0.5, 0.6) is 0 Å². The van der Waals surface area contributed by atoms with Gasteiger partial charge in [-0.1, -0.05) is 20.3 Å². The van der Waals surface area contributed by atoms with Gasteiger partial charge >= 0.3 is 5.97 Å². The minimum atomic E-state index is -0.871. The standard InChI is InChI=1S/C14H26N2O3/c1-3-5-9-15(4-2)11-8-13(17)16-10-6-7-12(16)14(18)19/h12H,3-11H2,1-2H3,(H,18,19). The van der Waals surface area contributed by atoms with Crippen molar-refractivity contribution in [3.05, 3.63) is 0 Å². The molecule has 0 bridgehead atoms. The number of carbonyl (C=O) groups excluding carboxylic acids is 1. The largest absolute Gasteiger partial charge is 0.480 e. The fraction of sp³-hybridized carbons (Fsp3) is 0.857. The smallest absolute Gasteiger partial charge is 0.326 e. The van der Waals surface area contributed by atoms with Gasteiger partial charge in [0.1, 0.15) is 6.04 Å². The topological polar surface area (TPSA) is 60.9 Å². The molecule has 5 nitrogen and oxygen atoms in total. The van der Waals surface area contributed by atoms with Crippen molar-refractivity contribution >= 4 is 11.9 Å². The van der Waals surface area contributed by atoms with Crippen LogP contribution in [-0.4, -0.2) is 59.0 Å². The number of likely N-dealkylation sites (tertiary alicyclic amines) is 1. The fourth-order valence-electron chi connectivity index (χ4n) is 2.53. The third-order valence-electron chi connectivity index (χ3n) is 3.78. The molecule has 0 aromatic heterocycles. The van der Waals surface area contributed by atoms with E-state index >= 15 is 0 Å². The van der Waals surface area contributed by atoms with E-state index < -0.39 is 12.0 Å². The van der Waals surface area contributed by atoms with Crippen molar-refractivity contribution in [3.8, 4) is 0 Å². The number of carboxylic acid groups (broad SMARTS) is 1. The van der Waals surface area contributed by atoms with Gasteiger partial charge in [0.05, 0.1) is 0 Å². The third kappa shape index (κ3) is 4.82. The minimum Gasteiger partial charge on any atom is -0.480 e. The number of amides is 1. The summed E-state index contributed by atoms with van der Waals surface area (Å²) < 4.78 is 0. The number of nitrogens with zero attached hydrogens (tertiary/aromatic N) is 2. The van der Waals surface area contributed by atoms with E-state index in [1.54, 1.807) is 0 Å². The van der Waals surface area contributed by atoms with Crippen molar-refractivity contribution in [2.45, 2.75) is 52.0 Å². The average Bonchev–Trinajstić information content (AvgIpc) is 2.88. The summed E-state index contributed by atoms with van der Waals surface area (Å²) in [5, 5.41) is 9.07. The summed E-state index contributed by atoms with van der Waals surface area (Å²) in [6.45, 7) is 7.53. The first-order valence-corrected chi connectivity index (χ1v) is 7.34. The van der Waals surface area contributed by atoms with Gasteiger partial charge in [0, 0.05) is 19.5 Å². The SMILES string of the molecule is CCCCN(CC)CCC(=O)N1CCCC1C(=O)O. The van der Waals surface area contributed by atoms with E-state index in [1.165, 1.54) is 4.90 Å². The molecule has 0 aromatic rings. The van der Waals surface area contributed by atoms with Gasteiger partial charge in [0.2, 0.25) is 5.91 Å². The molecular weight excluding hydrogens is 244 g/mol. The lowest BCUT2D eigenvalue weighted by Crippen LogP contribution is -2.41. The molecule has 1 N–H and O–H groups in total. The fourth-order valence-corrected chi connectivity index (χ4v) is 2.53. The van der Waals surface area contributed by atoms with Crippen LogP contribution in [0.1, 0.15) is 46.0 Å². The number of hydrogen-bond donors (Lipinski definition) is 1. The predicted octanol–water partition coefficient (Wildman–Crippen LogP) is 1.57. The van der Waals surface area contributed by atoms with E-state index in [1.807, 2.05) is 0 Å². The minimum absolute atomic E-state index is 0.0140. The zero-order valence-corrected chi connectivity index (χ0v) is 12.1.